The van der Waals surface area contributed by atoms with E-state index in [2.05, 4.69) is 43.7 Å². The number of hydrogen-bond acceptors (Lipinski definition) is 7. The van der Waals surface area contributed by atoms with Crippen LogP contribution >= 0.6 is 0 Å². The minimum absolute atomic E-state index is 0.00571. The van der Waals surface area contributed by atoms with E-state index in [0.29, 0.717) is 52.0 Å². The first-order valence-electron chi connectivity index (χ1n) is 19.2. The Morgan fingerprint density at radius 3 is 2.52 bits per heavy atom. The number of carbonyl (C=O) groups is 1. The van der Waals surface area contributed by atoms with Crippen molar-refractivity contribution < 1.29 is 25.2 Å². The first kappa shape index (κ1) is 24.1. The lowest BCUT2D eigenvalue weighted by molar-refractivity contribution is 0.0443. The van der Waals surface area contributed by atoms with Crippen LogP contribution in [0.5, 0.6) is 0 Å². The van der Waals surface area contributed by atoms with Crippen molar-refractivity contribution in [3.05, 3.63) is 62.1 Å². The van der Waals surface area contributed by atoms with Crippen LogP contribution < -0.4 is 15.8 Å². The number of morpholine rings is 1. The number of benzene rings is 1. The predicted octanol–water partition coefficient (Wildman–Crippen LogP) is 3.63. The summed E-state index contributed by atoms with van der Waals surface area (Å²) in [5.74, 6) is 5.20. The number of ether oxygens (including phenoxy) is 2. The lowest BCUT2D eigenvalue weighted by atomic mass is 9.88. The molecule has 0 spiro atoms. The highest BCUT2D eigenvalue weighted by Gasteiger charge is 2.29. The molecule has 44 heavy (non-hydrogen) atoms. The number of aryl methyl sites for hydroxylation is 2. The molecule has 0 radical (unpaired) electrons. The van der Waals surface area contributed by atoms with Crippen LogP contribution in [-0.4, -0.2) is 99.3 Å². The Kier molecular flexibility index (Phi) is 8.90. The van der Waals surface area contributed by atoms with Crippen LogP contribution in [0.15, 0.2) is 23.0 Å². The van der Waals surface area contributed by atoms with Crippen LogP contribution in [0, 0.1) is 32.6 Å². The molecule has 0 unspecified atom stereocenters. The fraction of sp³-hybridized carbons (Fsp3) is 0.600. The van der Waals surface area contributed by atoms with E-state index in [4.69, 9.17) is 15.7 Å². The fourth-order valence-electron chi connectivity index (χ4n) is 6.03. The Bertz CT molecular complexity index is 1710. The lowest BCUT2D eigenvalue weighted by Crippen LogP contribution is -2.44. The molecule has 1 aromatic carbocycles. The lowest BCUT2D eigenvalue weighted by Gasteiger charge is -2.41. The fourth-order valence-corrected chi connectivity index (χ4v) is 6.03. The van der Waals surface area contributed by atoms with Gasteiger partial charge < -0.3 is 29.6 Å². The Hall–Kier alpha value is -3.16. The predicted molar refractivity (Wildman–Crippen MR) is 177 cm³/mol. The number of aromatic amines is 1. The number of carbonyl (C=O) groups excluding carboxylic acids is 1. The third-order valence-electron chi connectivity index (χ3n) is 8.51. The number of rotatable bonds is 11. The largest absolute Gasteiger partial charge is 0.383 e. The van der Waals surface area contributed by atoms with Gasteiger partial charge in [0.05, 0.1) is 31.8 Å². The van der Waals surface area contributed by atoms with E-state index in [9.17, 15) is 9.59 Å². The van der Waals surface area contributed by atoms with Crippen molar-refractivity contribution in [1.29, 1.82) is 0 Å². The first-order valence-corrected chi connectivity index (χ1v) is 15.2. The van der Waals surface area contributed by atoms with Crippen molar-refractivity contribution in [2.75, 3.05) is 71.4 Å². The monoisotopic (exact) mass is 613 g/mol. The van der Waals surface area contributed by atoms with Gasteiger partial charge in [-0.3, -0.25) is 14.5 Å². The molecule has 1 amide bonds. The number of nitrogens with one attached hydrogen (secondary N) is 2. The van der Waals surface area contributed by atoms with E-state index in [0.717, 1.165) is 43.5 Å². The average molecular weight is 614 g/mol. The average Bonchev–Trinajstić information content (AvgIpc) is 3.05. The second-order valence-corrected chi connectivity index (χ2v) is 11.4. The molecule has 1 aliphatic carbocycles. The van der Waals surface area contributed by atoms with E-state index < -0.39 is 38.6 Å². The van der Waals surface area contributed by atoms with E-state index >= 15 is 0 Å². The summed E-state index contributed by atoms with van der Waals surface area (Å²) in [5, 5.41) is 2.88. The van der Waals surface area contributed by atoms with Gasteiger partial charge in [0.2, 0.25) is 0 Å². The molecule has 4 rings (SSSR count). The zero-order valence-corrected chi connectivity index (χ0v) is 26.7. The number of hydrogen-bond donors (Lipinski definition) is 2. The van der Waals surface area contributed by atoms with Gasteiger partial charge in [0, 0.05) is 85.4 Å². The summed E-state index contributed by atoms with van der Waals surface area (Å²) in [6.07, 6.45) is 3.82. The molecule has 9 nitrogen and oxygen atoms in total. The molecule has 1 saturated heterocycles. The first-order chi connectivity index (χ1) is 24.2. The second-order valence-electron chi connectivity index (χ2n) is 11.4. The standard InChI is InChI=1S/C35H51N5O4/c1-7-40(30-12-10-29(11-13-30)38(5)15-18-43-6)33-23-28(9-8-14-39-16-19-44-20-17-39)22-31(27(33)4)34(41)36-24-32-25(2)21-26(3)37-35(32)42/h21-23,29-30H,7,10-20,24H2,1-6H3,(H,36,41)(H,37,42)/i16D2,17D2,19D2,20D2. The molecule has 2 N–H and O–H groups in total. The molecular weight excluding hydrogens is 554 g/mol. The Balaban J connectivity index is 1.70. The number of aromatic nitrogens is 1. The quantitative estimate of drug-likeness (QED) is 0.374. The van der Waals surface area contributed by atoms with Gasteiger partial charge in [0.15, 0.2) is 0 Å². The molecule has 2 heterocycles. The van der Waals surface area contributed by atoms with E-state index in [1.54, 1.807) is 20.1 Å². The summed E-state index contributed by atoms with van der Waals surface area (Å²) >= 11 is 0. The second kappa shape index (κ2) is 16.2. The van der Waals surface area contributed by atoms with Crippen molar-refractivity contribution in [3.63, 3.8) is 0 Å². The minimum Gasteiger partial charge on any atom is -0.383 e. The van der Waals surface area contributed by atoms with Crippen LogP contribution in [0.2, 0.25) is 0 Å². The molecule has 1 saturated carbocycles. The number of amides is 1. The topological polar surface area (TPSA) is 90.1 Å². The molecule has 9 heteroatoms. The molecule has 2 aromatic rings. The Morgan fingerprint density at radius 1 is 1.16 bits per heavy atom. The zero-order valence-electron chi connectivity index (χ0n) is 34.7. The van der Waals surface area contributed by atoms with Gasteiger partial charge in [0.1, 0.15) is 0 Å². The smallest absolute Gasteiger partial charge is 0.253 e. The van der Waals surface area contributed by atoms with Gasteiger partial charge >= 0.3 is 0 Å². The third-order valence-corrected chi connectivity index (χ3v) is 8.51. The summed E-state index contributed by atoms with van der Waals surface area (Å²) in [6.45, 7) is -3.53. The van der Waals surface area contributed by atoms with Crippen molar-refractivity contribution >= 4 is 11.6 Å². The van der Waals surface area contributed by atoms with Crippen LogP contribution in [0.25, 0.3) is 0 Å². The number of nitrogens with zero attached hydrogens (tertiary/aromatic N) is 3. The van der Waals surface area contributed by atoms with Gasteiger partial charge in [-0.15, -0.1) is 0 Å². The number of pyridine rings is 1. The van der Waals surface area contributed by atoms with E-state index in [-0.39, 0.29) is 18.1 Å². The maximum absolute atomic E-state index is 13.8. The van der Waals surface area contributed by atoms with Crippen molar-refractivity contribution in [2.24, 2.45) is 0 Å². The van der Waals surface area contributed by atoms with Crippen molar-refractivity contribution in [1.82, 2.24) is 20.1 Å². The molecule has 0 atom stereocenters. The van der Waals surface area contributed by atoms with Crippen LogP contribution in [0.4, 0.5) is 5.69 Å². The summed E-state index contributed by atoms with van der Waals surface area (Å²) in [4.78, 5) is 34.3. The maximum atomic E-state index is 13.8. The summed E-state index contributed by atoms with van der Waals surface area (Å²) in [6, 6.07) is 5.88. The summed E-state index contributed by atoms with van der Waals surface area (Å²) < 4.78 is 75.0. The molecule has 2 aliphatic rings. The van der Waals surface area contributed by atoms with Gasteiger partial charge in [-0.1, -0.05) is 11.8 Å². The minimum atomic E-state index is -3.18. The van der Waals surface area contributed by atoms with Gasteiger partial charge in [-0.25, -0.2) is 0 Å². The van der Waals surface area contributed by atoms with Gasteiger partial charge in [-0.2, -0.15) is 0 Å². The molecule has 240 valence electrons. The number of likely N-dealkylation sites (N-methyl/N-ethyl adjacent to an activating group) is 1. The molecule has 0 bridgehead atoms. The van der Waals surface area contributed by atoms with E-state index in [1.807, 2.05) is 32.9 Å². The summed E-state index contributed by atoms with van der Waals surface area (Å²) in [7, 11) is 3.81. The molecule has 2 fully saturated rings. The SMILES string of the molecule is [2H]C1([2H])OC([2H])([2H])C([2H])([2H])N(CC#Cc2cc(C(=O)NCc3c(C)cc(C)[nH]c3=O)c(C)c(N(CC)C3CCC(N(C)CCOC)CC3)c2)C1([2H])[2H]. The molecular formula is C35H51N5O4. The van der Waals surface area contributed by atoms with Crippen molar-refractivity contribution in [2.45, 2.75) is 72.0 Å². The third kappa shape index (κ3) is 8.72. The Labute approximate surface area is 274 Å². The zero-order chi connectivity index (χ0) is 38.8. The normalized spacial score (nSPS) is 26.2. The van der Waals surface area contributed by atoms with E-state index in [1.165, 1.54) is 0 Å². The number of anilines is 1. The van der Waals surface area contributed by atoms with Gasteiger partial charge in [-0.05, 0) is 89.8 Å². The van der Waals surface area contributed by atoms with Gasteiger partial charge in [0.25, 0.3) is 11.5 Å². The van der Waals surface area contributed by atoms with Crippen LogP contribution in [0.3, 0.4) is 0 Å². The van der Waals surface area contributed by atoms with Crippen molar-refractivity contribution in [3.8, 4) is 11.8 Å². The van der Waals surface area contributed by atoms with Crippen LogP contribution in [-0.2, 0) is 16.0 Å². The molecule has 1 aliphatic heterocycles. The highest BCUT2D eigenvalue weighted by molar-refractivity contribution is 5.97. The Morgan fingerprint density at radius 2 is 1.86 bits per heavy atom. The number of H-pyrrole nitrogens is 1. The number of methoxy groups -OCH3 is 1. The highest BCUT2D eigenvalue weighted by atomic mass is 16.5. The summed E-state index contributed by atoms with van der Waals surface area (Å²) in [5.41, 5.74) is 3.80. The highest BCUT2D eigenvalue weighted by Crippen LogP contribution is 2.33. The molecule has 1 aromatic heterocycles. The maximum Gasteiger partial charge on any atom is 0.253 e. The van der Waals surface area contributed by atoms with Crippen LogP contribution in [0.1, 0.15) is 81.9 Å².